The Hall–Kier alpha value is -3.69. The van der Waals surface area contributed by atoms with Gasteiger partial charge in [0.25, 0.3) is 0 Å². The zero-order chi connectivity index (χ0) is 27.8. The average molecular weight is 603 g/mol. The second kappa shape index (κ2) is 13.2. The minimum Gasteiger partial charge on any atom is -0.481 e. The van der Waals surface area contributed by atoms with E-state index in [4.69, 9.17) is 26.2 Å². The van der Waals surface area contributed by atoms with E-state index in [0.717, 1.165) is 15.6 Å². The van der Waals surface area contributed by atoms with Gasteiger partial charge in [0.15, 0.2) is 5.78 Å². The Morgan fingerprint density at radius 2 is 1.58 bits per heavy atom. The molecule has 1 N–H and O–H groups in total. The molecular weight excluding hydrogens is 578 g/mol. The van der Waals surface area contributed by atoms with Crippen molar-refractivity contribution in [2.24, 2.45) is 0 Å². The molecule has 0 aliphatic rings. The van der Waals surface area contributed by atoms with Crippen LogP contribution in [0.2, 0.25) is 5.02 Å². The second-order valence-electron chi connectivity index (χ2n) is 8.30. The number of rotatable bonds is 10. The van der Waals surface area contributed by atoms with Crippen molar-refractivity contribution in [3.8, 4) is 0 Å². The van der Waals surface area contributed by atoms with Gasteiger partial charge in [-0.3, -0.25) is 14.4 Å². The van der Waals surface area contributed by atoms with Crippen LogP contribution in [0, 0.1) is 13.8 Å². The van der Waals surface area contributed by atoms with Gasteiger partial charge in [-0.2, -0.15) is 0 Å². The third-order valence-corrected chi connectivity index (χ3v) is 6.35. The number of carbonyl (C=O) groups is 4. The molecule has 3 aromatic rings. The number of carboxylic acid groups (broad SMARTS) is 1. The number of carbonyl (C=O) groups excluding carboxylic acids is 3. The monoisotopic (exact) mass is 601 g/mol. The molecule has 0 unspecified atom stereocenters. The summed E-state index contributed by atoms with van der Waals surface area (Å²) in [5.74, 6) is -2.05. The molecule has 1 amide bonds. The number of hydrogen-bond acceptors (Lipinski definition) is 6. The van der Waals surface area contributed by atoms with Crippen molar-refractivity contribution in [1.82, 2.24) is 0 Å². The van der Waals surface area contributed by atoms with E-state index >= 15 is 0 Å². The molecule has 0 heterocycles. The first-order valence-electron chi connectivity index (χ1n) is 11.6. The molecule has 38 heavy (non-hydrogen) atoms. The number of aryl methyl sites for hydroxylation is 2. The highest BCUT2D eigenvalue weighted by molar-refractivity contribution is 9.10. The number of carboxylic acids is 1. The summed E-state index contributed by atoms with van der Waals surface area (Å²) in [5.41, 5.74) is 3.28. The summed E-state index contributed by atoms with van der Waals surface area (Å²) < 4.78 is 11.1. The summed E-state index contributed by atoms with van der Waals surface area (Å²) in [7, 11) is 0. The van der Waals surface area contributed by atoms with Crippen molar-refractivity contribution >= 4 is 62.7 Å². The maximum absolute atomic E-state index is 13.2. The van der Waals surface area contributed by atoms with E-state index in [2.05, 4.69) is 15.9 Å². The van der Waals surface area contributed by atoms with Crippen LogP contribution in [0.4, 0.5) is 16.2 Å². The molecule has 0 radical (unpaired) electrons. The van der Waals surface area contributed by atoms with Gasteiger partial charge in [0.2, 0.25) is 0 Å². The number of esters is 1. The van der Waals surface area contributed by atoms with Crippen molar-refractivity contribution < 1.29 is 33.8 Å². The number of nitrogens with zero attached hydrogens (tertiary/aromatic N) is 1. The molecular formula is C28H25BrClNO7. The lowest BCUT2D eigenvalue weighted by atomic mass is 9.99. The molecule has 10 heteroatoms. The zero-order valence-electron chi connectivity index (χ0n) is 20.7. The Kier molecular flexibility index (Phi) is 10.0. The van der Waals surface area contributed by atoms with Gasteiger partial charge in [-0.05, 0) is 61.4 Å². The number of benzene rings is 3. The fraction of sp³-hybridized carbons (Fsp3) is 0.214. The molecule has 3 rings (SSSR count). The highest BCUT2D eigenvalue weighted by Gasteiger charge is 2.24. The first-order chi connectivity index (χ1) is 18.1. The molecule has 0 fully saturated rings. The summed E-state index contributed by atoms with van der Waals surface area (Å²) in [6.07, 6.45) is -1.39. The number of anilines is 2. The molecule has 0 saturated carbocycles. The van der Waals surface area contributed by atoms with Crippen molar-refractivity contribution in [3.05, 3.63) is 92.4 Å². The predicted molar refractivity (Wildman–Crippen MR) is 146 cm³/mol. The first kappa shape index (κ1) is 28.9. The second-order valence-corrected chi connectivity index (χ2v) is 9.63. The van der Waals surface area contributed by atoms with Crippen molar-refractivity contribution in [2.45, 2.75) is 26.7 Å². The van der Waals surface area contributed by atoms with Crippen LogP contribution < -0.4 is 4.90 Å². The highest BCUT2D eigenvalue weighted by Crippen LogP contribution is 2.34. The largest absolute Gasteiger partial charge is 0.481 e. The quantitative estimate of drug-likeness (QED) is 0.157. The van der Waals surface area contributed by atoms with Gasteiger partial charge in [-0.25, -0.2) is 9.69 Å². The molecule has 0 aliphatic heterocycles. The molecule has 0 aliphatic carbocycles. The van der Waals surface area contributed by atoms with E-state index in [0.29, 0.717) is 22.5 Å². The van der Waals surface area contributed by atoms with Crippen LogP contribution in [-0.2, 0) is 19.1 Å². The van der Waals surface area contributed by atoms with Gasteiger partial charge < -0.3 is 14.6 Å². The normalized spacial score (nSPS) is 10.5. The molecule has 3 aromatic carbocycles. The SMILES string of the molecule is Cc1ccccc1C(=O)c1ccc(N(C(=O)OCCOC(=O)CCC(=O)O)c2ccc(Br)cc2C)cc1Cl. The number of ether oxygens (including phenoxy) is 2. The van der Waals surface area contributed by atoms with E-state index in [-0.39, 0.29) is 36.9 Å². The third kappa shape index (κ3) is 7.43. The fourth-order valence-electron chi connectivity index (χ4n) is 3.64. The van der Waals surface area contributed by atoms with E-state index in [1.165, 1.54) is 11.0 Å². The summed E-state index contributed by atoms with van der Waals surface area (Å²) in [5, 5.41) is 8.81. The molecule has 0 atom stereocenters. The Balaban J connectivity index is 1.83. The lowest BCUT2D eigenvalue weighted by Gasteiger charge is -2.25. The standard InChI is InChI=1S/C28H25BrClNO7/c1-17-5-3-4-6-21(17)27(35)22-9-8-20(16-23(22)30)31(24-10-7-19(29)15-18(24)2)28(36)38-14-13-37-26(34)12-11-25(32)33/h3-10,15-16H,11-14H2,1-2H3,(H,32,33). The number of halogens is 2. The van der Waals surface area contributed by atoms with Crippen LogP contribution >= 0.6 is 27.5 Å². The first-order valence-corrected chi connectivity index (χ1v) is 12.8. The highest BCUT2D eigenvalue weighted by atomic mass is 79.9. The molecule has 8 nitrogen and oxygen atoms in total. The summed E-state index contributed by atoms with van der Waals surface area (Å²) in [6, 6.07) is 17.2. The van der Waals surface area contributed by atoms with Crippen molar-refractivity contribution in [2.75, 3.05) is 18.1 Å². The minimum atomic E-state index is -1.11. The predicted octanol–water partition coefficient (Wildman–Crippen LogP) is 6.63. The minimum absolute atomic E-state index is 0.163. The van der Waals surface area contributed by atoms with Gasteiger partial charge >= 0.3 is 18.0 Å². The van der Waals surface area contributed by atoms with Crippen LogP contribution in [0.15, 0.2) is 65.1 Å². The van der Waals surface area contributed by atoms with Gasteiger partial charge in [-0.15, -0.1) is 0 Å². The fourth-order valence-corrected chi connectivity index (χ4v) is 4.38. The van der Waals surface area contributed by atoms with Gasteiger partial charge in [-0.1, -0.05) is 51.8 Å². The molecule has 0 aromatic heterocycles. The zero-order valence-corrected chi connectivity index (χ0v) is 23.0. The number of hydrogen-bond donors (Lipinski definition) is 1. The Morgan fingerprint density at radius 1 is 0.868 bits per heavy atom. The van der Waals surface area contributed by atoms with Crippen molar-refractivity contribution in [3.63, 3.8) is 0 Å². The van der Waals surface area contributed by atoms with Crippen LogP contribution in [0.5, 0.6) is 0 Å². The summed E-state index contributed by atoms with van der Waals surface area (Å²) in [6.45, 7) is 3.18. The summed E-state index contributed by atoms with van der Waals surface area (Å²) >= 11 is 9.95. The number of ketones is 1. The lowest BCUT2D eigenvalue weighted by Crippen LogP contribution is -2.29. The topological polar surface area (TPSA) is 110 Å². The van der Waals surface area contributed by atoms with Crippen molar-refractivity contribution in [1.29, 1.82) is 0 Å². The van der Waals surface area contributed by atoms with Gasteiger partial charge in [0.05, 0.1) is 29.2 Å². The molecule has 0 bridgehead atoms. The smallest absolute Gasteiger partial charge is 0.419 e. The van der Waals surface area contributed by atoms with Gasteiger partial charge in [0, 0.05) is 15.6 Å². The van der Waals surface area contributed by atoms with Crippen LogP contribution in [0.1, 0.15) is 39.9 Å². The maximum Gasteiger partial charge on any atom is 0.419 e. The Labute approximate surface area is 233 Å². The van der Waals surface area contributed by atoms with E-state index in [9.17, 15) is 19.2 Å². The van der Waals surface area contributed by atoms with E-state index < -0.39 is 18.0 Å². The molecule has 0 saturated heterocycles. The average Bonchev–Trinajstić information content (AvgIpc) is 2.87. The lowest BCUT2D eigenvalue weighted by molar-refractivity contribution is -0.148. The molecule has 198 valence electrons. The van der Waals surface area contributed by atoms with Crippen LogP contribution in [-0.4, -0.2) is 42.1 Å². The number of amides is 1. The Morgan fingerprint density at radius 3 is 2.24 bits per heavy atom. The number of aliphatic carboxylic acids is 1. The van der Waals surface area contributed by atoms with E-state index in [1.807, 2.05) is 32.0 Å². The molecule has 0 spiro atoms. The maximum atomic E-state index is 13.2. The van der Waals surface area contributed by atoms with Gasteiger partial charge in [0.1, 0.15) is 13.2 Å². The van der Waals surface area contributed by atoms with Crippen LogP contribution in [0.25, 0.3) is 0 Å². The van der Waals surface area contributed by atoms with Crippen LogP contribution in [0.3, 0.4) is 0 Å². The third-order valence-electron chi connectivity index (χ3n) is 5.54. The summed E-state index contributed by atoms with van der Waals surface area (Å²) in [4.78, 5) is 49.8. The van der Waals surface area contributed by atoms with E-state index in [1.54, 1.807) is 36.4 Å². The Bertz CT molecular complexity index is 1380.